The van der Waals surface area contributed by atoms with Gasteiger partial charge in [0.05, 0.1) is 11.6 Å². The second kappa shape index (κ2) is 9.99. The smallest absolute Gasteiger partial charge is 0.257 e. The molecular formula is C26H26ClN3O4S. The maximum atomic E-state index is 13.2. The largest absolute Gasteiger partial charge is 0.467 e. The zero-order valence-electron chi connectivity index (χ0n) is 19.2. The summed E-state index contributed by atoms with van der Waals surface area (Å²) in [5, 5.41) is 14.8. The molecule has 1 aliphatic heterocycles. The number of pyridine rings is 1. The molecular weight excluding hydrogens is 486 g/mol. The van der Waals surface area contributed by atoms with Crippen LogP contribution in [0.15, 0.2) is 64.1 Å². The van der Waals surface area contributed by atoms with E-state index in [-0.39, 0.29) is 17.0 Å². The van der Waals surface area contributed by atoms with E-state index in [1.165, 1.54) is 0 Å². The number of likely N-dealkylation sites (tertiary alicyclic amines) is 1. The van der Waals surface area contributed by atoms with Gasteiger partial charge in [-0.15, -0.1) is 11.3 Å². The van der Waals surface area contributed by atoms with Crippen LogP contribution in [0.3, 0.4) is 0 Å². The Bertz CT molecular complexity index is 1390. The average molecular weight is 512 g/mol. The molecule has 182 valence electrons. The maximum Gasteiger partial charge on any atom is 0.257 e. The molecule has 1 aliphatic rings. The van der Waals surface area contributed by atoms with Crippen molar-refractivity contribution in [1.82, 2.24) is 14.8 Å². The molecule has 4 heterocycles. The van der Waals surface area contributed by atoms with Crippen molar-refractivity contribution in [2.75, 3.05) is 6.54 Å². The Balaban J connectivity index is 1.35. The lowest BCUT2D eigenvalue weighted by molar-refractivity contribution is 0.0531. The van der Waals surface area contributed by atoms with Crippen LogP contribution < -0.4 is 10.7 Å². The first kappa shape index (κ1) is 23.8. The van der Waals surface area contributed by atoms with Crippen LogP contribution in [0.25, 0.3) is 10.2 Å². The number of hydrogen-bond acceptors (Lipinski definition) is 6. The van der Waals surface area contributed by atoms with Gasteiger partial charge in [0.15, 0.2) is 0 Å². The fraction of sp³-hybridized carbons (Fsp3) is 0.308. The highest BCUT2D eigenvalue weighted by atomic mass is 35.5. The predicted octanol–water partition coefficient (Wildman–Crippen LogP) is 4.47. The fourth-order valence-electron chi connectivity index (χ4n) is 4.69. The van der Waals surface area contributed by atoms with Gasteiger partial charge in [-0.25, -0.2) is 0 Å². The summed E-state index contributed by atoms with van der Waals surface area (Å²) < 4.78 is 7.25. The third-order valence-corrected chi connectivity index (χ3v) is 7.94. The van der Waals surface area contributed by atoms with Gasteiger partial charge in [-0.1, -0.05) is 23.7 Å². The van der Waals surface area contributed by atoms with Crippen molar-refractivity contribution in [2.45, 2.75) is 38.1 Å². The van der Waals surface area contributed by atoms with Gasteiger partial charge in [0.1, 0.15) is 22.3 Å². The average Bonchev–Trinajstić information content (AvgIpc) is 3.62. The topological polar surface area (TPSA) is 87.7 Å². The number of rotatable bonds is 7. The van der Waals surface area contributed by atoms with Crippen molar-refractivity contribution in [1.29, 1.82) is 0 Å². The van der Waals surface area contributed by atoms with Crippen LogP contribution in [-0.2, 0) is 20.1 Å². The van der Waals surface area contributed by atoms with Gasteiger partial charge in [0, 0.05) is 42.3 Å². The first-order chi connectivity index (χ1) is 16.9. The van der Waals surface area contributed by atoms with Crippen LogP contribution in [0, 0.1) is 0 Å². The molecule has 0 unspecified atom stereocenters. The molecule has 35 heavy (non-hydrogen) atoms. The third kappa shape index (κ3) is 4.92. The highest BCUT2D eigenvalue weighted by molar-refractivity contribution is 7.18. The van der Waals surface area contributed by atoms with E-state index >= 15 is 0 Å². The van der Waals surface area contributed by atoms with Gasteiger partial charge < -0.3 is 19.4 Å². The number of fused-ring (bicyclic) bond motifs is 1. The van der Waals surface area contributed by atoms with E-state index < -0.39 is 12.0 Å². The van der Waals surface area contributed by atoms with Crippen LogP contribution in [0.4, 0.5) is 0 Å². The Kier molecular flexibility index (Phi) is 6.80. The molecule has 1 saturated heterocycles. The van der Waals surface area contributed by atoms with Crippen LogP contribution >= 0.6 is 22.9 Å². The van der Waals surface area contributed by atoms with Crippen molar-refractivity contribution in [3.05, 3.63) is 91.9 Å². The molecule has 0 bridgehead atoms. The number of aromatic nitrogens is 1. The number of aliphatic hydroxyl groups excluding tert-OH is 1. The first-order valence-corrected chi connectivity index (χ1v) is 12.7. The Hall–Kier alpha value is -2.91. The van der Waals surface area contributed by atoms with Crippen molar-refractivity contribution < 1.29 is 14.3 Å². The minimum Gasteiger partial charge on any atom is -0.467 e. The summed E-state index contributed by atoms with van der Waals surface area (Å²) in [5.74, 6) is 0.164. The van der Waals surface area contributed by atoms with Gasteiger partial charge in [-0.2, -0.15) is 0 Å². The molecule has 0 radical (unpaired) electrons. The molecule has 5 rings (SSSR count). The zero-order valence-corrected chi connectivity index (χ0v) is 20.8. The number of halogens is 1. The lowest BCUT2D eigenvalue weighted by atomic mass is 10.1. The number of nitrogens with zero attached hydrogens (tertiary/aromatic N) is 2. The van der Waals surface area contributed by atoms with E-state index in [0.29, 0.717) is 29.3 Å². The second-order valence-corrected chi connectivity index (χ2v) is 10.4. The maximum absolute atomic E-state index is 13.2. The lowest BCUT2D eigenvalue weighted by Crippen LogP contribution is -2.33. The summed E-state index contributed by atoms with van der Waals surface area (Å²) in [6, 6.07) is 12.6. The second-order valence-electron chi connectivity index (χ2n) is 8.86. The molecule has 4 aromatic rings. The summed E-state index contributed by atoms with van der Waals surface area (Å²) in [4.78, 5) is 30.1. The van der Waals surface area contributed by atoms with Crippen LogP contribution in [-0.4, -0.2) is 33.1 Å². The van der Waals surface area contributed by atoms with Gasteiger partial charge in [0.25, 0.3) is 5.91 Å². The zero-order chi connectivity index (χ0) is 24.5. The fourth-order valence-corrected chi connectivity index (χ4v) is 5.93. The Morgan fingerprint density at radius 3 is 2.86 bits per heavy atom. The van der Waals surface area contributed by atoms with Crippen molar-refractivity contribution in [3.63, 3.8) is 0 Å². The lowest BCUT2D eigenvalue weighted by Gasteiger charge is -2.27. The van der Waals surface area contributed by atoms with Crippen molar-refractivity contribution >= 4 is 39.1 Å². The molecule has 2 N–H and O–H groups in total. The van der Waals surface area contributed by atoms with Crippen molar-refractivity contribution in [2.24, 2.45) is 7.05 Å². The molecule has 0 spiro atoms. The van der Waals surface area contributed by atoms with Crippen LogP contribution in [0.1, 0.15) is 45.5 Å². The molecule has 1 fully saturated rings. The predicted molar refractivity (Wildman–Crippen MR) is 137 cm³/mol. The summed E-state index contributed by atoms with van der Waals surface area (Å²) in [5.41, 5.74) is 0.740. The number of aliphatic hydroxyl groups is 1. The van der Waals surface area contributed by atoms with E-state index in [0.717, 1.165) is 34.7 Å². The van der Waals surface area contributed by atoms with E-state index in [1.54, 1.807) is 48.1 Å². The minimum atomic E-state index is -0.691. The number of thiophene rings is 1. The molecule has 0 aliphatic carbocycles. The quantitative estimate of drug-likeness (QED) is 0.382. The first-order valence-electron chi connectivity index (χ1n) is 11.5. The monoisotopic (exact) mass is 511 g/mol. The normalized spacial score (nSPS) is 17.2. The number of aryl methyl sites for hydroxylation is 1. The number of benzene rings is 1. The molecule has 3 aromatic heterocycles. The SMILES string of the molecule is Cn1cc(C(=O)NCc2ccc(Cl)cc2)c(=O)c2cc(CN3CCC[C@@H]3[C@@H](O)c3ccco3)sc21. The molecule has 1 amide bonds. The van der Waals surface area contributed by atoms with E-state index in [9.17, 15) is 14.7 Å². The summed E-state index contributed by atoms with van der Waals surface area (Å²) >= 11 is 7.46. The number of hydrogen-bond donors (Lipinski definition) is 2. The molecule has 0 saturated carbocycles. The van der Waals surface area contributed by atoms with Gasteiger partial charge in [-0.05, 0) is 55.3 Å². The third-order valence-electron chi connectivity index (χ3n) is 6.48. The van der Waals surface area contributed by atoms with Crippen LogP contribution in [0.5, 0.6) is 0 Å². The Morgan fingerprint density at radius 1 is 1.31 bits per heavy atom. The number of furan rings is 1. The summed E-state index contributed by atoms with van der Waals surface area (Å²) in [7, 11) is 1.84. The number of carbonyl (C=O) groups excluding carboxylic acids is 1. The molecule has 9 heteroatoms. The highest BCUT2D eigenvalue weighted by Crippen LogP contribution is 2.33. The standard InChI is InChI=1S/C26H26ClN3O4S/c1-29-15-20(25(33)28-13-16-6-8-17(27)9-7-16)23(31)19-12-18(35-26(19)29)14-30-10-2-4-21(30)24(32)22-5-3-11-34-22/h3,5-9,11-12,15,21,24,32H,2,4,10,13-14H2,1H3,(H,28,33)/t21-,24-/m1/s1. The minimum absolute atomic E-state index is 0.0407. The number of carbonyl (C=O) groups is 1. The van der Waals surface area contributed by atoms with Gasteiger partial charge in [-0.3, -0.25) is 14.5 Å². The Labute approximate surface area is 211 Å². The van der Waals surface area contributed by atoms with E-state index in [1.807, 2.05) is 29.8 Å². The van der Waals surface area contributed by atoms with E-state index in [2.05, 4.69) is 10.2 Å². The summed E-state index contributed by atoms with van der Waals surface area (Å²) in [6.07, 6.45) is 4.35. The van der Waals surface area contributed by atoms with E-state index in [4.69, 9.17) is 16.0 Å². The van der Waals surface area contributed by atoms with Crippen LogP contribution in [0.2, 0.25) is 5.02 Å². The van der Waals surface area contributed by atoms with Gasteiger partial charge in [0.2, 0.25) is 5.43 Å². The number of nitrogens with one attached hydrogen (secondary N) is 1. The molecule has 2 atom stereocenters. The Morgan fingerprint density at radius 2 is 2.11 bits per heavy atom. The molecule has 1 aromatic carbocycles. The molecule has 7 nitrogen and oxygen atoms in total. The highest BCUT2D eigenvalue weighted by Gasteiger charge is 2.33. The van der Waals surface area contributed by atoms with Crippen molar-refractivity contribution in [3.8, 4) is 0 Å². The van der Waals surface area contributed by atoms with Gasteiger partial charge >= 0.3 is 0 Å². The summed E-state index contributed by atoms with van der Waals surface area (Å²) in [6.45, 7) is 1.80. The number of amides is 1.